The van der Waals surface area contributed by atoms with E-state index in [9.17, 15) is 13.2 Å². The van der Waals surface area contributed by atoms with E-state index < -0.39 is 21.4 Å². The SMILES string of the molecule is CCCC(CC)S(=O)(=O)NC(=O)O. The molecule has 0 aliphatic rings. The molecule has 5 nitrogen and oxygen atoms in total. The summed E-state index contributed by atoms with van der Waals surface area (Å²) in [4.78, 5) is 10.1. The van der Waals surface area contributed by atoms with Gasteiger partial charge in [-0.3, -0.25) is 0 Å². The van der Waals surface area contributed by atoms with Crippen molar-refractivity contribution in [3.05, 3.63) is 0 Å². The molecular formula is C7H15NO4S. The van der Waals surface area contributed by atoms with E-state index in [1.165, 1.54) is 0 Å². The molecule has 1 amide bonds. The maximum atomic E-state index is 11.3. The normalized spacial score (nSPS) is 13.7. The van der Waals surface area contributed by atoms with Crippen LogP contribution in [0.1, 0.15) is 33.1 Å². The summed E-state index contributed by atoms with van der Waals surface area (Å²) in [5.74, 6) is 0. The smallest absolute Gasteiger partial charge is 0.418 e. The second-order valence-corrected chi connectivity index (χ2v) is 4.73. The predicted octanol–water partition coefficient (Wildman–Crippen LogP) is 1.16. The van der Waals surface area contributed by atoms with Crippen LogP contribution in [0.5, 0.6) is 0 Å². The largest absolute Gasteiger partial charge is 0.464 e. The van der Waals surface area contributed by atoms with E-state index in [1.807, 2.05) is 6.92 Å². The zero-order chi connectivity index (χ0) is 10.5. The average Bonchev–Trinajstić information content (AvgIpc) is 1.97. The molecule has 0 aliphatic heterocycles. The number of nitrogens with one attached hydrogen (secondary N) is 1. The van der Waals surface area contributed by atoms with E-state index in [1.54, 1.807) is 11.6 Å². The molecule has 1 unspecified atom stereocenters. The molecule has 0 spiro atoms. The Balaban J connectivity index is 4.48. The first-order chi connectivity index (χ1) is 5.94. The summed E-state index contributed by atoms with van der Waals surface area (Å²) in [5, 5.41) is 7.67. The van der Waals surface area contributed by atoms with Gasteiger partial charge in [-0.1, -0.05) is 20.3 Å². The maximum Gasteiger partial charge on any atom is 0.418 e. The van der Waals surface area contributed by atoms with Crippen LogP contribution in [0.4, 0.5) is 4.79 Å². The van der Waals surface area contributed by atoms with Gasteiger partial charge in [-0.2, -0.15) is 0 Å². The Bertz CT molecular complexity index is 260. The third-order valence-corrected chi connectivity index (χ3v) is 3.64. The number of hydrogen-bond acceptors (Lipinski definition) is 3. The van der Waals surface area contributed by atoms with Gasteiger partial charge >= 0.3 is 6.09 Å². The molecule has 0 aliphatic carbocycles. The lowest BCUT2D eigenvalue weighted by Gasteiger charge is -2.13. The van der Waals surface area contributed by atoms with Gasteiger partial charge in [-0.15, -0.1) is 0 Å². The summed E-state index contributed by atoms with van der Waals surface area (Å²) in [6, 6.07) is 0. The fourth-order valence-corrected chi connectivity index (χ4v) is 2.50. The van der Waals surface area contributed by atoms with Crippen molar-refractivity contribution in [3.63, 3.8) is 0 Å². The second-order valence-electron chi connectivity index (χ2n) is 2.77. The summed E-state index contributed by atoms with van der Waals surface area (Å²) < 4.78 is 24.1. The summed E-state index contributed by atoms with van der Waals surface area (Å²) in [7, 11) is -3.68. The minimum Gasteiger partial charge on any atom is -0.464 e. The van der Waals surface area contributed by atoms with Crippen molar-refractivity contribution in [1.29, 1.82) is 0 Å². The Morgan fingerprint density at radius 3 is 2.31 bits per heavy atom. The van der Waals surface area contributed by atoms with Gasteiger partial charge in [0.2, 0.25) is 10.0 Å². The van der Waals surface area contributed by atoms with Crippen LogP contribution in [0.2, 0.25) is 0 Å². The molecule has 0 aromatic carbocycles. The molecule has 0 radical (unpaired) electrons. The number of carbonyl (C=O) groups is 1. The molecule has 0 bridgehead atoms. The lowest BCUT2D eigenvalue weighted by atomic mass is 10.2. The highest BCUT2D eigenvalue weighted by molar-refractivity contribution is 7.90. The molecule has 0 rings (SSSR count). The highest BCUT2D eigenvalue weighted by Crippen LogP contribution is 2.10. The molecular weight excluding hydrogens is 194 g/mol. The summed E-state index contributed by atoms with van der Waals surface area (Å²) >= 11 is 0. The number of carboxylic acid groups (broad SMARTS) is 1. The van der Waals surface area contributed by atoms with Gasteiger partial charge in [0.05, 0.1) is 5.25 Å². The molecule has 0 aromatic heterocycles. The van der Waals surface area contributed by atoms with Gasteiger partial charge in [0.15, 0.2) is 0 Å². The van der Waals surface area contributed by atoms with E-state index in [-0.39, 0.29) is 0 Å². The Morgan fingerprint density at radius 2 is 2.00 bits per heavy atom. The zero-order valence-electron chi connectivity index (χ0n) is 7.78. The number of amides is 1. The van der Waals surface area contributed by atoms with Crippen LogP contribution in [0.15, 0.2) is 0 Å². The fraction of sp³-hybridized carbons (Fsp3) is 0.857. The van der Waals surface area contributed by atoms with Crippen LogP contribution in [0, 0.1) is 0 Å². The first-order valence-electron chi connectivity index (χ1n) is 4.18. The predicted molar refractivity (Wildman–Crippen MR) is 49.1 cm³/mol. The van der Waals surface area contributed by atoms with Crippen LogP contribution >= 0.6 is 0 Å². The summed E-state index contributed by atoms with van der Waals surface area (Å²) in [6.07, 6.45) is 0.115. The lowest BCUT2D eigenvalue weighted by molar-refractivity contribution is 0.201. The van der Waals surface area contributed by atoms with Gasteiger partial charge in [0.25, 0.3) is 0 Å². The Kier molecular flexibility index (Phi) is 4.76. The van der Waals surface area contributed by atoms with E-state index in [0.29, 0.717) is 12.8 Å². The van der Waals surface area contributed by atoms with Crippen LogP contribution in [0.25, 0.3) is 0 Å². The van der Waals surface area contributed by atoms with E-state index in [2.05, 4.69) is 0 Å². The molecule has 2 N–H and O–H groups in total. The van der Waals surface area contributed by atoms with Crippen molar-refractivity contribution in [2.24, 2.45) is 0 Å². The van der Waals surface area contributed by atoms with Gasteiger partial charge in [0, 0.05) is 0 Å². The van der Waals surface area contributed by atoms with Crippen molar-refractivity contribution in [2.45, 2.75) is 38.4 Å². The van der Waals surface area contributed by atoms with Gasteiger partial charge in [0.1, 0.15) is 0 Å². The lowest BCUT2D eigenvalue weighted by Crippen LogP contribution is -2.37. The Labute approximate surface area is 78.2 Å². The van der Waals surface area contributed by atoms with Crippen LogP contribution in [-0.2, 0) is 10.0 Å². The van der Waals surface area contributed by atoms with Crippen LogP contribution in [-0.4, -0.2) is 24.9 Å². The number of hydrogen-bond donors (Lipinski definition) is 2. The Hall–Kier alpha value is -0.780. The quantitative estimate of drug-likeness (QED) is 0.711. The first-order valence-corrected chi connectivity index (χ1v) is 5.73. The summed E-state index contributed by atoms with van der Waals surface area (Å²) in [6.45, 7) is 3.58. The molecule has 0 saturated heterocycles. The van der Waals surface area contributed by atoms with Crippen LogP contribution < -0.4 is 4.72 Å². The second kappa shape index (κ2) is 5.06. The maximum absolute atomic E-state index is 11.3. The zero-order valence-corrected chi connectivity index (χ0v) is 8.60. The van der Waals surface area contributed by atoms with Gasteiger partial charge in [-0.25, -0.2) is 17.9 Å². The van der Waals surface area contributed by atoms with Gasteiger partial charge < -0.3 is 5.11 Å². The Morgan fingerprint density at radius 1 is 1.46 bits per heavy atom. The highest BCUT2D eigenvalue weighted by atomic mass is 32.2. The molecule has 0 saturated carbocycles. The average molecular weight is 209 g/mol. The molecule has 1 atom stereocenters. The minimum absolute atomic E-state index is 0.427. The topological polar surface area (TPSA) is 83.5 Å². The van der Waals surface area contributed by atoms with Crippen molar-refractivity contribution < 1.29 is 18.3 Å². The third kappa shape index (κ3) is 4.12. The summed E-state index contributed by atoms with van der Waals surface area (Å²) in [5.41, 5.74) is 0. The van der Waals surface area contributed by atoms with Crippen molar-refractivity contribution in [2.75, 3.05) is 0 Å². The van der Waals surface area contributed by atoms with Crippen molar-refractivity contribution >= 4 is 16.1 Å². The molecule has 0 fully saturated rings. The fourth-order valence-electron chi connectivity index (χ4n) is 1.11. The first kappa shape index (κ1) is 12.2. The third-order valence-electron chi connectivity index (χ3n) is 1.73. The molecule has 0 heterocycles. The van der Waals surface area contributed by atoms with E-state index in [4.69, 9.17) is 5.11 Å². The molecule has 6 heteroatoms. The standard InChI is InChI=1S/C7H15NO4S/c1-3-5-6(4-2)13(11,12)8-7(9)10/h6,8H,3-5H2,1-2H3,(H,9,10). The van der Waals surface area contributed by atoms with Crippen molar-refractivity contribution in [3.8, 4) is 0 Å². The van der Waals surface area contributed by atoms with E-state index in [0.717, 1.165) is 6.42 Å². The highest BCUT2D eigenvalue weighted by Gasteiger charge is 2.24. The minimum atomic E-state index is -3.68. The number of rotatable bonds is 5. The van der Waals surface area contributed by atoms with Crippen molar-refractivity contribution in [1.82, 2.24) is 4.72 Å². The van der Waals surface area contributed by atoms with Gasteiger partial charge in [-0.05, 0) is 12.8 Å². The molecule has 0 aromatic rings. The monoisotopic (exact) mass is 209 g/mol. The van der Waals surface area contributed by atoms with Crippen LogP contribution in [0.3, 0.4) is 0 Å². The molecule has 78 valence electrons. The number of sulfonamides is 1. The van der Waals surface area contributed by atoms with E-state index >= 15 is 0 Å². The molecule has 13 heavy (non-hydrogen) atoms.